The van der Waals surface area contributed by atoms with Crippen LogP contribution >= 0.6 is 11.3 Å². The summed E-state index contributed by atoms with van der Waals surface area (Å²) in [5.74, 6) is -1.44. The number of rotatable bonds is 5. The maximum absolute atomic E-state index is 12.1. The Morgan fingerprint density at radius 1 is 1.36 bits per heavy atom. The Labute approximate surface area is 151 Å². The first-order chi connectivity index (χ1) is 11.7. The minimum Gasteiger partial charge on any atom is -0.370 e. The molecule has 1 aromatic rings. The van der Waals surface area contributed by atoms with E-state index in [2.05, 4.69) is 16.7 Å². The first-order valence-corrected chi connectivity index (χ1v) is 8.97. The van der Waals surface area contributed by atoms with Crippen molar-refractivity contribution < 1.29 is 14.3 Å². The largest absolute Gasteiger partial charge is 0.370 e. The molecule has 0 radical (unpaired) electrons. The Hall–Kier alpha value is -1.95. The summed E-state index contributed by atoms with van der Waals surface area (Å²) in [7, 11) is 3.89. The van der Waals surface area contributed by atoms with E-state index in [1.807, 2.05) is 32.8 Å². The summed E-state index contributed by atoms with van der Waals surface area (Å²) >= 11 is 1.30. The fourth-order valence-corrected chi connectivity index (χ4v) is 3.67. The highest BCUT2D eigenvalue weighted by atomic mass is 32.1. The van der Waals surface area contributed by atoms with Gasteiger partial charge >= 0.3 is 11.8 Å². The van der Waals surface area contributed by atoms with Gasteiger partial charge in [-0.1, -0.05) is 0 Å². The molecule has 2 N–H and O–H groups in total. The molecule has 0 aliphatic carbocycles. The van der Waals surface area contributed by atoms with Crippen LogP contribution in [-0.4, -0.2) is 49.5 Å². The van der Waals surface area contributed by atoms with Gasteiger partial charge in [0, 0.05) is 17.8 Å². The number of thiophene rings is 1. The molecule has 8 heteroatoms. The van der Waals surface area contributed by atoms with E-state index in [4.69, 9.17) is 4.74 Å². The van der Waals surface area contributed by atoms with Gasteiger partial charge in [0.2, 0.25) is 0 Å². The number of nitrogens with one attached hydrogen (secondary N) is 2. The molecule has 0 unspecified atom stereocenters. The summed E-state index contributed by atoms with van der Waals surface area (Å²) in [5.41, 5.74) is 1.00. The molecule has 7 nitrogen and oxygen atoms in total. The SMILES string of the molecule is CN(C)CCCNC(=O)C(=O)Nc1sc2c(c1C#N)CC(C)(C)OC2. The summed E-state index contributed by atoms with van der Waals surface area (Å²) in [6, 6.07) is 2.15. The van der Waals surface area contributed by atoms with Gasteiger partial charge in [-0.05, 0) is 46.5 Å². The van der Waals surface area contributed by atoms with Crippen molar-refractivity contribution in [1.29, 1.82) is 5.26 Å². The molecule has 0 saturated carbocycles. The zero-order chi connectivity index (χ0) is 18.6. The molecule has 0 spiro atoms. The van der Waals surface area contributed by atoms with Crippen LogP contribution in [0, 0.1) is 11.3 Å². The van der Waals surface area contributed by atoms with E-state index in [-0.39, 0.29) is 5.60 Å². The third kappa shape index (κ3) is 5.01. The van der Waals surface area contributed by atoms with Crippen molar-refractivity contribution in [3.8, 4) is 6.07 Å². The fourth-order valence-electron chi connectivity index (χ4n) is 2.60. The van der Waals surface area contributed by atoms with Gasteiger partial charge in [-0.3, -0.25) is 9.59 Å². The predicted octanol–water partition coefficient (Wildman–Crippen LogP) is 1.48. The van der Waals surface area contributed by atoms with Crippen LogP contribution in [0.15, 0.2) is 0 Å². The van der Waals surface area contributed by atoms with E-state index < -0.39 is 11.8 Å². The Morgan fingerprint density at radius 2 is 2.08 bits per heavy atom. The number of nitriles is 1. The molecular weight excluding hydrogens is 340 g/mol. The molecular formula is C17H24N4O3S. The lowest BCUT2D eigenvalue weighted by Gasteiger charge is -2.29. The van der Waals surface area contributed by atoms with Crippen LogP contribution in [0.2, 0.25) is 0 Å². The summed E-state index contributed by atoms with van der Waals surface area (Å²) in [6.45, 7) is 5.60. The Morgan fingerprint density at radius 3 is 2.72 bits per heavy atom. The van der Waals surface area contributed by atoms with Gasteiger partial charge in [-0.2, -0.15) is 5.26 Å². The molecule has 0 bridgehead atoms. The second-order valence-electron chi connectivity index (χ2n) is 6.91. The van der Waals surface area contributed by atoms with E-state index in [0.717, 1.165) is 23.4 Å². The highest BCUT2D eigenvalue weighted by molar-refractivity contribution is 7.16. The van der Waals surface area contributed by atoms with Crippen molar-refractivity contribution in [2.24, 2.45) is 0 Å². The fraction of sp³-hybridized carbons (Fsp3) is 0.588. The van der Waals surface area contributed by atoms with Crippen LogP contribution in [0.5, 0.6) is 0 Å². The average Bonchev–Trinajstić information content (AvgIpc) is 2.86. The van der Waals surface area contributed by atoms with Crippen molar-refractivity contribution in [1.82, 2.24) is 10.2 Å². The molecule has 0 aromatic carbocycles. The van der Waals surface area contributed by atoms with E-state index in [1.165, 1.54) is 11.3 Å². The molecule has 136 valence electrons. The van der Waals surface area contributed by atoms with Gasteiger partial charge in [0.05, 0.1) is 17.8 Å². The van der Waals surface area contributed by atoms with Gasteiger partial charge in [0.15, 0.2) is 0 Å². The third-order valence-corrected chi connectivity index (χ3v) is 5.02. The van der Waals surface area contributed by atoms with Crippen LogP contribution < -0.4 is 10.6 Å². The number of amides is 2. The number of carbonyl (C=O) groups is 2. The van der Waals surface area contributed by atoms with Gasteiger partial charge < -0.3 is 20.3 Å². The number of hydrogen-bond donors (Lipinski definition) is 2. The topological polar surface area (TPSA) is 94.5 Å². The van der Waals surface area contributed by atoms with Crippen molar-refractivity contribution in [3.63, 3.8) is 0 Å². The third-order valence-electron chi connectivity index (χ3n) is 3.90. The number of ether oxygens (including phenoxy) is 1. The van der Waals surface area contributed by atoms with Crippen molar-refractivity contribution in [2.75, 3.05) is 32.5 Å². The zero-order valence-electron chi connectivity index (χ0n) is 15.1. The Kier molecular flexibility index (Phi) is 6.16. The van der Waals surface area contributed by atoms with Crippen LogP contribution in [0.4, 0.5) is 5.00 Å². The van der Waals surface area contributed by atoms with Crippen LogP contribution in [0.1, 0.15) is 36.3 Å². The summed E-state index contributed by atoms with van der Waals surface area (Å²) in [5, 5.41) is 15.1. The molecule has 0 saturated heterocycles. The second-order valence-corrected chi connectivity index (χ2v) is 8.02. The molecule has 2 amide bonds. The number of nitrogens with zero attached hydrogens (tertiary/aromatic N) is 2. The molecule has 25 heavy (non-hydrogen) atoms. The molecule has 0 fully saturated rings. The Bertz CT molecular complexity index is 703. The van der Waals surface area contributed by atoms with E-state index in [9.17, 15) is 14.9 Å². The first-order valence-electron chi connectivity index (χ1n) is 8.16. The van der Waals surface area contributed by atoms with Crippen LogP contribution in [0.3, 0.4) is 0 Å². The average molecular weight is 364 g/mol. The second kappa shape index (κ2) is 7.95. The van der Waals surface area contributed by atoms with Gasteiger partial charge in [-0.15, -0.1) is 11.3 Å². The molecule has 1 aliphatic heterocycles. The smallest absolute Gasteiger partial charge is 0.314 e. The first kappa shape index (κ1) is 19.4. The molecule has 1 aromatic heterocycles. The van der Waals surface area contributed by atoms with Crippen molar-refractivity contribution in [2.45, 2.75) is 38.9 Å². The summed E-state index contributed by atoms with van der Waals surface area (Å²) < 4.78 is 5.75. The van der Waals surface area contributed by atoms with Crippen molar-refractivity contribution >= 4 is 28.2 Å². The maximum atomic E-state index is 12.1. The van der Waals surface area contributed by atoms with E-state index >= 15 is 0 Å². The highest BCUT2D eigenvalue weighted by Gasteiger charge is 2.32. The number of carbonyl (C=O) groups excluding carboxylic acids is 2. The monoisotopic (exact) mass is 364 g/mol. The molecule has 0 atom stereocenters. The van der Waals surface area contributed by atoms with Crippen molar-refractivity contribution in [3.05, 3.63) is 16.0 Å². The summed E-state index contributed by atoms with van der Waals surface area (Å²) in [6.07, 6.45) is 1.36. The van der Waals surface area contributed by atoms with Crippen LogP contribution in [0.25, 0.3) is 0 Å². The molecule has 2 rings (SSSR count). The standard InChI is InChI=1S/C17H24N4O3S/c1-17(2)8-11-12(9-18)16(25-13(11)10-24-17)20-15(23)14(22)19-6-5-7-21(3)4/h5-8,10H2,1-4H3,(H,19,22)(H,20,23). The number of anilines is 1. The quantitative estimate of drug-likeness (QED) is 0.610. The molecule has 1 aliphatic rings. The lowest BCUT2D eigenvalue weighted by molar-refractivity contribution is -0.136. The lowest BCUT2D eigenvalue weighted by Crippen LogP contribution is -2.36. The zero-order valence-corrected chi connectivity index (χ0v) is 15.9. The molecule has 2 heterocycles. The van der Waals surface area contributed by atoms with Gasteiger partial charge in [-0.25, -0.2) is 0 Å². The highest BCUT2D eigenvalue weighted by Crippen LogP contribution is 2.39. The number of hydrogen-bond acceptors (Lipinski definition) is 6. The lowest BCUT2D eigenvalue weighted by atomic mass is 9.93. The van der Waals surface area contributed by atoms with E-state index in [0.29, 0.717) is 30.1 Å². The van der Waals surface area contributed by atoms with Gasteiger partial charge in [0.25, 0.3) is 0 Å². The maximum Gasteiger partial charge on any atom is 0.314 e. The number of fused-ring (bicyclic) bond motifs is 1. The summed E-state index contributed by atoms with van der Waals surface area (Å²) in [4.78, 5) is 26.9. The van der Waals surface area contributed by atoms with Gasteiger partial charge in [0.1, 0.15) is 11.1 Å². The van der Waals surface area contributed by atoms with E-state index in [1.54, 1.807) is 0 Å². The minimum absolute atomic E-state index is 0.342. The minimum atomic E-state index is -0.750. The van der Waals surface area contributed by atoms with Crippen LogP contribution in [-0.2, 0) is 27.4 Å². The predicted molar refractivity (Wildman–Crippen MR) is 96.4 cm³/mol. The Balaban J connectivity index is 2.01. The normalized spacial score (nSPS) is 15.4.